The van der Waals surface area contributed by atoms with Crippen LogP contribution in [0.4, 0.5) is 9.18 Å². The molecule has 4 aromatic rings. The Balaban J connectivity index is 0.00000107. The van der Waals surface area contributed by atoms with Crippen molar-refractivity contribution in [1.82, 2.24) is 19.8 Å². The Morgan fingerprint density at radius 1 is 1.04 bits per heavy atom. The molecule has 0 saturated heterocycles. The van der Waals surface area contributed by atoms with Crippen LogP contribution in [0.3, 0.4) is 0 Å². The topological polar surface area (TPSA) is 180 Å². The van der Waals surface area contributed by atoms with E-state index < -0.39 is 34.9 Å². The van der Waals surface area contributed by atoms with Crippen LogP contribution < -0.4 is 16.6 Å². The van der Waals surface area contributed by atoms with E-state index in [1.165, 1.54) is 34.8 Å². The van der Waals surface area contributed by atoms with Crippen LogP contribution in [0, 0.1) is 5.82 Å². The molecule has 12 nitrogen and oxygen atoms in total. The second-order valence-corrected chi connectivity index (χ2v) is 10.9. The van der Waals surface area contributed by atoms with Gasteiger partial charge in [-0.25, -0.2) is 9.18 Å². The zero-order chi connectivity index (χ0) is 33.8. The van der Waals surface area contributed by atoms with E-state index in [9.17, 15) is 29.0 Å². The molecule has 0 spiro atoms. The number of rotatable bonds is 11. The Bertz CT molecular complexity index is 1660. The van der Waals surface area contributed by atoms with Gasteiger partial charge < -0.3 is 40.6 Å². The van der Waals surface area contributed by atoms with Crippen molar-refractivity contribution in [2.24, 2.45) is 5.73 Å². The number of hydrogen-bond donors (Lipinski definition) is 5. The zero-order valence-electron chi connectivity index (χ0n) is 26.0. The quantitative estimate of drug-likeness (QED) is 0.165. The van der Waals surface area contributed by atoms with Gasteiger partial charge in [-0.1, -0.05) is 42.5 Å². The van der Waals surface area contributed by atoms with Gasteiger partial charge in [0.25, 0.3) is 11.5 Å². The maximum Gasteiger partial charge on any atom is 0.409 e. The summed E-state index contributed by atoms with van der Waals surface area (Å²) in [6.45, 7) is 3.10. The van der Waals surface area contributed by atoms with E-state index in [1.807, 2.05) is 30.3 Å². The van der Waals surface area contributed by atoms with Crippen molar-refractivity contribution in [1.29, 1.82) is 0 Å². The van der Waals surface area contributed by atoms with E-state index in [-0.39, 0.29) is 55.8 Å². The van der Waals surface area contributed by atoms with Crippen molar-refractivity contribution < 1.29 is 34.0 Å². The number of halogens is 1. The molecule has 0 radical (unpaired) electrons. The lowest BCUT2D eigenvalue weighted by Crippen LogP contribution is -2.40. The van der Waals surface area contributed by atoms with Gasteiger partial charge in [-0.3, -0.25) is 14.6 Å². The molecular weight excluding hydrogens is 597 g/mol. The standard InChI is InChI=1S/C30H31FN4O6.C3H9NO/c1-19(17-36)33-28(38)25-27(37)26-24(15-22(16-32-26)14-20-8-10-23(31)11-9-20)35(29(25)39)13-12-34(2)30(40)41-18-21-6-4-3-5-7-21;1-3(4)2-5/h3-11,15-16,19,36-37H,12-14,17-18H2,1-2H3,(H,33,38);3,5H,2,4H2,1H3. The summed E-state index contributed by atoms with van der Waals surface area (Å²) in [7, 11) is 1.52. The summed E-state index contributed by atoms with van der Waals surface area (Å²) in [5, 5.41) is 30.8. The van der Waals surface area contributed by atoms with Gasteiger partial charge in [0.05, 0.1) is 18.7 Å². The number of nitrogens with zero attached hydrogens (tertiary/aromatic N) is 3. The van der Waals surface area contributed by atoms with E-state index in [2.05, 4.69) is 10.3 Å². The van der Waals surface area contributed by atoms with Crippen LogP contribution in [0.1, 0.15) is 40.9 Å². The summed E-state index contributed by atoms with van der Waals surface area (Å²) in [4.78, 5) is 44.8. The molecular formula is C33H40FN5O7. The number of aliphatic hydroxyl groups is 2. The van der Waals surface area contributed by atoms with Gasteiger partial charge in [-0.15, -0.1) is 0 Å². The number of nitrogens with two attached hydrogens (primary N) is 1. The van der Waals surface area contributed by atoms with Gasteiger partial charge in [-0.05, 0) is 55.2 Å². The van der Waals surface area contributed by atoms with Crippen LogP contribution in [0.25, 0.3) is 11.0 Å². The van der Waals surface area contributed by atoms with E-state index in [0.29, 0.717) is 12.0 Å². The van der Waals surface area contributed by atoms with E-state index >= 15 is 0 Å². The predicted molar refractivity (Wildman–Crippen MR) is 171 cm³/mol. The molecule has 2 heterocycles. The monoisotopic (exact) mass is 637 g/mol. The molecule has 0 saturated carbocycles. The largest absolute Gasteiger partial charge is 0.505 e. The van der Waals surface area contributed by atoms with Crippen molar-refractivity contribution in [2.75, 3.05) is 26.8 Å². The normalized spacial score (nSPS) is 12.1. The van der Waals surface area contributed by atoms with Crippen LogP contribution >= 0.6 is 0 Å². The minimum Gasteiger partial charge on any atom is -0.505 e. The number of ether oxygens (including phenoxy) is 1. The van der Waals surface area contributed by atoms with Crippen LogP contribution in [-0.4, -0.2) is 80.7 Å². The SMILES string of the molecule is CC(CO)NC(=O)c1c(O)c2ncc(Cc3ccc(F)cc3)cc2n(CCN(C)C(=O)OCc2ccccc2)c1=O.CC(N)CO. The Morgan fingerprint density at radius 3 is 2.30 bits per heavy atom. The number of aromatic hydroxyl groups is 1. The Kier molecular flexibility index (Phi) is 13.2. The number of benzene rings is 2. The lowest BCUT2D eigenvalue weighted by molar-refractivity contribution is 0.0916. The Hall–Kier alpha value is -4.85. The molecule has 46 heavy (non-hydrogen) atoms. The van der Waals surface area contributed by atoms with Crippen LogP contribution in [0.15, 0.2) is 71.7 Å². The average molecular weight is 638 g/mol. The molecule has 2 aromatic heterocycles. The summed E-state index contributed by atoms with van der Waals surface area (Å²) in [6.07, 6.45) is 1.28. The number of likely N-dealkylation sites (N-methyl/N-ethyl adjacent to an activating group) is 1. The first-order chi connectivity index (χ1) is 21.9. The van der Waals surface area contributed by atoms with Crippen molar-refractivity contribution in [3.05, 3.63) is 105 Å². The third kappa shape index (κ3) is 9.83. The molecule has 13 heteroatoms. The average Bonchev–Trinajstić information content (AvgIpc) is 3.05. The van der Waals surface area contributed by atoms with Gasteiger partial charge >= 0.3 is 6.09 Å². The molecule has 4 rings (SSSR count). The van der Waals surface area contributed by atoms with Gasteiger partial charge in [0.1, 0.15) is 23.5 Å². The molecule has 2 unspecified atom stereocenters. The number of pyridine rings is 2. The second kappa shape index (κ2) is 17.0. The number of carbonyl (C=O) groups is 2. The summed E-state index contributed by atoms with van der Waals surface area (Å²) in [6, 6.07) is 16.1. The first-order valence-corrected chi connectivity index (χ1v) is 14.6. The molecule has 2 amide bonds. The summed E-state index contributed by atoms with van der Waals surface area (Å²) in [5.41, 5.74) is 6.31. The number of amides is 2. The molecule has 0 aliphatic carbocycles. The fourth-order valence-electron chi connectivity index (χ4n) is 4.22. The first kappa shape index (κ1) is 35.6. The lowest BCUT2D eigenvalue weighted by atomic mass is 10.1. The number of aromatic nitrogens is 2. The summed E-state index contributed by atoms with van der Waals surface area (Å²) < 4.78 is 20.0. The molecule has 246 valence electrons. The van der Waals surface area contributed by atoms with Crippen molar-refractivity contribution in [3.8, 4) is 5.75 Å². The zero-order valence-corrected chi connectivity index (χ0v) is 26.0. The molecule has 2 atom stereocenters. The van der Waals surface area contributed by atoms with E-state index in [1.54, 1.807) is 32.0 Å². The fourth-order valence-corrected chi connectivity index (χ4v) is 4.22. The number of nitrogens with one attached hydrogen (secondary N) is 1. The van der Waals surface area contributed by atoms with Crippen LogP contribution in [0.2, 0.25) is 0 Å². The highest BCUT2D eigenvalue weighted by Gasteiger charge is 2.25. The summed E-state index contributed by atoms with van der Waals surface area (Å²) >= 11 is 0. The molecule has 0 aliphatic rings. The molecule has 6 N–H and O–H groups in total. The predicted octanol–water partition coefficient (Wildman–Crippen LogP) is 2.54. The van der Waals surface area contributed by atoms with Crippen molar-refractivity contribution in [2.45, 2.75) is 45.5 Å². The van der Waals surface area contributed by atoms with Crippen molar-refractivity contribution >= 4 is 23.0 Å². The number of aliphatic hydroxyl groups excluding tert-OH is 2. The molecule has 2 aromatic carbocycles. The Labute approximate surface area is 265 Å². The van der Waals surface area contributed by atoms with E-state index in [0.717, 1.165) is 11.1 Å². The minimum absolute atomic E-state index is 0.0172. The first-order valence-electron chi connectivity index (χ1n) is 14.6. The van der Waals surface area contributed by atoms with Gasteiger partial charge in [0.15, 0.2) is 5.75 Å². The number of carbonyl (C=O) groups excluding carboxylic acids is 2. The van der Waals surface area contributed by atoms with Gasteiger partial charge in [0, 0.05) is 38.4 Å². The van der Waals surface area contributed by atoms with E-state index in [4.69, 9.17) is 15.6 Å². The maximum atomic E-state index is 13.6. The third-order valence-corrected chi connectivity index (χ3v) is 6.80. The summed E-state index contributed by atoms with van der Waals surface area (Å²) in [5.74, 6) is -1.82. The smallest absolute Gasteiger partial charge is 0.409 e. The van der Waals surface area contributed by atoms with Crippen LogP contribution in [0.5, 0.6) is 5.75 Å². The van der Waals surface area contributed by atoms with Gasteiger partial charge in [0.2, 0.25) is 0 Å². The highest BCUT2D eigenvalue weighted by atomic mass is 19.1. The Morgan fingerprint density at radius 2 is 1.70 bits per heavy atom. The second-order valence-electron chi connectivity index (χ2n) is 10.9. The lowest BCUT2D eigenvalue weighted by Gasteiger charge is -2.20. The highest BCUT2D eigenvalue weighted by molar-refractivity contribution is 6.01. The minimum atomic E-state index is -0.863. The van der Waals surface area contributed by atoms with Crippen molar-refractivity contribution in [3.63, 3.8) is 0 Å². The maximum absolute atomic E-state index is 13.6. The van der Waals surface area contributed by atoms with Crippen LogP contribution in [-0.2, 0) is 24.3 Å². The molecule has 0 fully saturated rings. The fraction of sp³-hybridized carbons (Fsp3) is 0.333. The number of hydrogen-bond acceptors (Lipinski definition) is 9. The molecule has 0 bridgehead atoms. The number of fused-ring (bicyclic) bond motifs is 1. The van der Waals surface area contributed by atoms with Gasteiger partial charge in [-0.2, -0.15) is 0 Å². The third-order valence-electron chi connectivity index (χ3n) is 6.80. The highest BCUT2D eigenvalue weighted by Crippen LogP contribution is 2.26. The molecule has 0 aliphatic heterocycles.